The van der Waals surface area contributed by atoms with E-state index in [-0.39, 0.29) is 0 Å². The summed E-state index contributed by atoms with van der Waals surface area (Å²) >= 11 is 0. The monoisotopic (exact) mass is 246 g/mol. The molecule has 18 heavy (non-hydrogen) atoms. The molecule has 0 saturated heterocycles. The third-order valence-electron chi connectivity index (χ3n) is 2.70. The van der Waals surface area contributed by atoms with Crippen molar-refractivity contribution in [2.24, 2.45) is 0 Å². The van der Waals surface area contributed by atoms with Gasteiger partial charge in [-0.25, -0.2) is 4.98 Å². The molecule has 2 aromatic heterocycles. The van der Waals surface area contributed by atoms with Gasteiger partial charge in [0.15, 0.2) is 0 Å². The van der Waals surface area contributed by atoms with Crippen molar-refractivity contribution in [1.82, 2.24) is 14.5 Å². The van der Waals surface area contributed by atoms with Crippen LogP contribution >= 0.6 is 0 Å². The lowest BCUT2D eigenvalue weighted by Gasteiger charge is -2.09. The second kappa shape index (κ2) is 6.76. The summed E-state index contributed by atoms with van der Waals surface area (Å²) in [5, 5.41) is 3.24. The van der Waals surface area contributed by atoms with Crippen molar-refractivity contribution in [2.45, 2.75) is 13.0 Å². The largest absolute Gasteiger partial charge is 0.383 e. The number of anilines is 1. The zero-order chi connectivity index (χ0) is 12.6. The summed E-state index contributed by atoms with van der Waals surface area (Å²) in [7, 11) is 1.69. The van der Waals surface area contributed by atoms with Crippen LogP contribution in [-0.4, -0.2) is 34.8 Å². The van der Waals surface area contributed by atoms with Gasteiger partial charge in [-0.2, -0.15) is 0 Å². The van der Waals surface area contributed by atoms with Gasteiger partial charge in [0.1, 0.15) is 0 Å². The third kappa shape index (κ3) is 3.56. The topological polar surface area (TPSA) is 52.0 Å². The molecule has 0 fully saturated rings. The molecule has 0 bridgehead atoms. The second-order valence-corrected chi connectivity index (χ2v) is 3.97. The van der Waals surface area contributed by atoms with Crippen molar-refractivity contribution >= 4 is 5.95 Å². The quantitative estimate of drug-likeness (QED) is 0.754. The zero-order valence-electron chi connectivity index (χ0n) is 10.5. The van der Waals surface area contributed by atoms with E-state index in [0.717, 1.165) is 25.5 Å². The number of nitrogens with zero attached hydrogens (tertiary/aromatic N) is 3. The molecule has 2 rings (SSSR count). The van der Waals surface area contributed by atoms with Gasteiger partial charge in [-0.3, -0.25) is 4.98 Å². The van der Waals surface area contributed by atoms with E-state index in [2.05, 4.69) is 19.9 Å². The second-order valence-electron chi connectivity index (χ2n) is 3.97. The predicted molar refractivity (Wildman–Crippen MR) is 70.5 cm³/mol. The van der Waals surface area contributed by atoms with E-state index in [1.54, 1.807) is 7.11 Å². The van der Waals surface area contributed by atoms with Crippen LogP contribution in [0.5, 0.6) is 0 Å². The lowest BCUT2D eigenvalue weighted by molar-refractivity contribution is 0.210. The third-order valence-corrected chi connectivity index (χ3v) is 2.70. The highest BCUT2D eigenvalue weighted by atomic mass is 16.5. The van der Waals surface area contributed by atoms with Crippen LogP contribution in [0.15, 0.2) is 36.9 Å². The first-order valence-electron chi connectivity index (χ1n) is 6.03. The van der Waals surface area contributed by atoms with Crippen LogP contribution in [0.2, 0.25) is 0 Å². The fraction of sp³-hybridized carbons (Fsp3) is 0.385. The SMILES string of the molecule is COCCNc1nccn1CCc1ccncc1. The Morgan fingerprint density at radius 3 is 2.89 bits per heavy atom. The molecule has 5 nitrogen and oxygen atoms in total. The van der Waals surface area contributed by atoms with Crippen LogP contribution in [0, 0.1) is 0 Å². The first-order chi connectivity index (χ1) is 8.90. The summed E-state index contributed by atoms with van der Waals surface area (Å²) in [5.74, 6) is 0.890. The van der Waals surface area contributed by atoms with Gasteiger partial charge in [0.05, 0.1) is 6.61 Å². The predicted octanol–water partition coefficient (Wildman–Crippen LogP) is 1.58. The maximum atomic E-state index is 5.00. The van der Waals surface area contributed by atoms with E-state index in [1.807, 2.05) is 36.9 Å². The molecule has 0 atom stereocenters. The molecule has 0 aliphatic heterocycles. The molecule has 0 aliphatic carbocycles. The van der Waals surface area contributed by atoms with Gasteiger partial charge in [0.25, 0.3) is 0 Å². The molecule has 0 unspecified atom stereocenters. The Kier molecular flexibility index (Phi) is 4.72. The summed E-state index contributed by atoms with van der Waals surface area (Å²) in [6.07, 6.45) is 8.40. The number of nitrogens with one attached hydrogen (secondary N) is 1. The van der Waals surface area contributed by atoms with Gasteiger partial charge in [0, 0.05) is 45.0 Å². The lowest BCUT2D eigenvalue weighted by atomic mass is 10.2. The maximum absolute atomic E-state index is 5.00. The van der Waals surface area contributed by atoms with Crippen molar-refractivity contribution in [3.8, 4) is 0 Å². The minimum atomic E-state index is 0.678. The summed E-state index contributed by atoms with van der Waals surface area (Å²) in [6.45, 7) is 2.35. The van der Waals surface area contributed by atoms with E-state index < -0.39 is 0 Å². The van der Waals surface area contributed by atoms with Gasteiger partial charge < -0.3 is 14.6 Å². The fourth-order valence-electron chi connectivity index (χ4n) is 1.72. The Labute approximate surface area is 107 Å². The first-order valence-corrected chi connectivity index (χ1v) is 6.03. The number of methoxy groups -OCH3 is 1. The Morgan fingerprint density at radius 1 is 1.28 bits per heavy atom. The zero-order valence-corrected chi connectivity index (χ0v) is 10.5. The molecule has 0 aromatic carbocycles. The molecule has 96 valence electrons. The Hall–Kier alpha value is -1.88. The molecule has 0 spiro atoms. The number of imidazole rings is 1. The van der Waals surface area contributed by atoms with Crippen molar-refractivity contribution in [3.05, 3.63) is 42.5 Å². The Morgan fingerprint density at radius 2 is 2.11 bits per heavy atom. The maximum Gasteiger partial charge on any atom is 0.202 e. The highest BCUT2D eigenvalue weighted by Gasteiger charge is 2.01. The molecule has 0 radical (unpaired) electrons. The Bertz CT molecular complexity index is 455. The average molecular weight is 246 g/mol. The Balaban J connectivity index is 1.87. The molecule has 2 aromatic rings. The van der Waals surface area contributed by atoms with E-state index in [0.29, 0.717) is 6.61 Å². The van der Waals surface area contributed by atoms with Crippen LogP contribution < -0.4 is 5.32 Å². The smallest absolute Gasteiger partial charge is 0.202 e. The average Bonchev–Trinajstić information content (AvgIpc) is 2.86. The highest BCUT2D eigenvalue weighted by molar-refractivity contribution is 5.25. The van der Waals surface area contributed by atoms with Crippen LogP contribution in [0.4, 0.5) is 5.95 Å². The van der Waals surface area contributed by atoms with E-state index in [1.165, 1.54) is 5.56 Å². The molecule has 2 heterocycles. The number of aromatic nitrogens is 3. The number of hydrogen-bond donors (Lipinski definition) is 1. The van der Waals surface area contributed by atoms with Gasteiger partial charge in [-0.1, -0.05) is 0 Å². The first kappa shape index (κ1) is 12.6. The molecular weight excluding hydrogens is 228 g/mol. The van der Waals surface area contributed by atoms with Crippen LogP contribution in [-0.2, 0) is 17.7 Å². The molecule has 1 N–H and O–H groups in total. The van der Waals surface area contributed by atoms with Crippen LogP contribution in [0.25, 0.3) is 0 Å². The molecule has 5 heteroatoms. The van der Waals surface area contributed by atoms with E-state index in [4.69, 9.17) is 4.74 Å². The summed E-state index contributed by atoms with van der Waals surface area (Å²) in [5.41, 5.74) is 1.28. The summed E-state index contributed by atoms with van der Waals surface area (Å²) in [6, 6.07) is 4.07. The fourth-order valence-corrected chi connectivity index (χ4v) is 1.72. The number of rotatable bonds is 7. The van der Waals surface area contributed by atoms with E-state index in [9.17, 15) is 0 Å². The number of aryl methyl sites for hydroxylation is 2. The molecule has 0 aliphatic rings. The minimum absolute atomic E-state index is 0.678. The summed E-state index contributed by atoms with van der Waals surface area (Å²) in [4.78, 5) is 8.30. The number of pyridine rings is 1. The van der Waals surface area contributed by atoms with Crippen molar-refractivity contribution < 1.29 is 4.74 Å². The number of ether oxygens (including phenoxy) is 1. The summed E-state index contributed by atoms with van der Waals surface area (Å²) < 4.78 is 7.11. The lowest BCUT2D eigenvalue weighted by Crippen LogP contribution is -2.13. The highest BCUT2D eigenvalue weighted by Crippen LogP contribution is 2.07. The molecular formula is C13H18N4O. The van der Waals surface area contributed by atoms with Gasteiger partial charge >= 0.3 is 0 Å². The normalized spacial score (nSPS) is 10.5. The van der Waals surface area contributed by atoms with Gasteiger partial charge in [0.2, 0.25) is 5.95 Å². The van der Waals surface area contributed by atoms with Gasteiger partial charge in [-0.05, 0) is 24.1 Å². The van der Waals surface area contributed by atoms with Gasteiger partial charge in [-0.15, -0.1) is 0 Å². The van der Waals surface area contributed by atoms with Crippen molar-refractivity contribution in [3.63, 3.8) is 0 Å². The van der Waals surface area contributed by atoms with Crippen molar-refractivity contribution in [2.75, 3.05) is 25.6 Å². The van der Waals surface area contributed by atoms with Crippen LogP contribution in [0.3, 0.4) is 0 Å². The number of hydrogen-bond acceptors (Lipinski definition) is 4. The van der Waals surface area contributed by atoms with Crippen molar-refractivity contribution in [1.29, 1.82) is 0 Å². The minimum Gasteiger partial charge on any atom is -0.383 e. The molecule has 0 saturated carbocycles. The standard InChI is InChI=1S/C13H18N4O/c1-18-11-8-16-13-15-7-10-17(13)9-4-12-2-5-14-6-3-12/h2-3,5-7,10H,4,8-9,11H2,1H3,(H,15,16). The van der Waals surface area contributed by atoms with E-state index >= 15 is 0 Å². The molecule has 0 amide bonds. The van der Waals surface area contributed by atoms with Crippen LogP contribution in [0.1, 0.15) is 5.56 Å².